The van der Waals surface area contributed by atoms with Crippen molar-refractivity contribution in [2.75, 3.05) is 19.7 Å². The van der Waals surface area contributed by atoms with Crippen LogP contribution in [0.5, 0.6) is 5.75 Å². The third kappa shape index (κ3) is 5.19. The summed E-state index contributed by atoms with van der Waals surface area (Å²) in [6.07, 6.45) is 3.17. The van der Waals surface area contributed by atoms with Crippen LogP contribution in [0.1, 0.15) is 17.2 Å². The number of halogens is 3. The molecule has 2 aromatic carbocycles. The van der Waals surface area contributed by atoms with E-state index in [1.807, 2.05) is 12.1 Å². The van der Waals surface area contributed by atoms with E-state index in [0.29, 0.717) is 35.1 Å². The van der Waals surface area contributed by atoms with Crippen molar-refractivity contribution in [1.29, 1.82) is 0 Å². The molecule has 4 rings (SSSR count). The van der Waals surface area contributed by atoms with Crippen LogP contribution in [0.4, 0.5) is 14.5 Å². The SMILES string of the molecule is NC(=Nc1ccc([C@H]2CNCCO2)c(Cl)c1)c1cnn(-c2ccc(OC(F)F)cc2)c1. The van der Waals surface area contributed by atoms with Crippen molar-refractivity contribution in [2.24, 2.45) is 10.7 Å². The van der Waals surface area contributed by atoms with E-state index in [1.165, 1.54) is 12.1 Å². The van der Waals surface area contributed by atoms with Crippen molar-refractivity contribution in [2.45, 2.75) is 12.7 Å². The van der Waals surface area contributed by atoms with Gasteiger partial charge in [-0.05, 0) is 36.4 Å². The first kappa shape index (κ1) is 21.2. The fraction of sp³-hybridized carbons (Fsp3) is 0.238. The molecule has 10 heteroatoms. The number of nitrogens with one attached hydrogen (secondary N) is 1. The average Bonchev–Trinajstić information content (AvgIpc) is 3.25. The molecule has 31 heavy (non-hydrogen) atoms. The third-order valence-electron chi connectivity index (χ3n) is 4.71. The maximum atomic E-state index is 12.3. The number of alkyl halides is 2. The summed E-state index contributed by atoms with van der Waals surface area (Å²) < 4.78 is 36.2. The summed E-state index contributed by atoms with van der Waals surface area (Å²) in [5.74, 6) is 0.338. The Balaban J connectivity index is 1.49. The smallest absolute Gasteiger partial charge is 0.387 e. The fourth-order valence-corrected chi connectivity index (χ4v) is 3.49. The molecule has 3 aromatic rings. The monoisotopic (exact) mass is 447 g/mol. The van der Waals surface area contributed by atoms with Gasteiger partial charge in [-0.15, -0.1) is 0 Å². The summed E-state index contributed by atoms with van der Waals surface area (Å²) in [5, 5.41) is 8.08. The van der Waals surface area contributed by atoms with E-state index in [9.17, 15) is 8.78 Å². The Labute approximate surface area is 182 Å². The number of ether oxygens (including phenoxy) is 2. The molecule has 0 saturated carbocycles. The summed E-state index contributed by atoms with van der Waals surface area (Å²) >= 11 is 6.43. The second-order valence-electron chi connectivity index (χ2n) is 6.81. The number of morpholine rings is 1. The van der Waals surface area contributed by atoms with Gasteiger partial charge in [-0.1, -0.05) is 17.7 Å². The number of hydrogen-bond acceptors (Lipinski definition) is 5. The maximum Gasteiger partial charge on any atom is 0.387 e. The Bertz CT molecular complexity index is 1070. The van der Waals surface area contributed by atoms with Crippen LogP contribution in [0.25, 0.3) is 5.69 Å². The first-order valence-corrected chi connectivity index (χ1v) is 9.93. The topological polar surface area (TPSA) is 86.7 Å². The van der Waals surface area contributed by atoms with E-state index in [0.717, 1.165) is 12.1 Å². The van der Waals surface area contributed by atoms with E-state index in [1.54, 1.807) is 35.3 Å². The predicted octanol–water partition coefficient (Wildman–Crippen LogP) is 3.83. The average molecular weight is 448 g/mol. The van der Waals surface area contributed by atoms with Gasteiger partial charge in [-0.3, -0.25) is 0 Å². The molecule has 2 heterocycles. The molecule has 0 amide bonds. The van der Waals surface area contributed by atoms with E-state index in [2.05, 4.69) is 20.1 Å². The highest BCUT2D eigenvalue weighted by atomic mass is 35.5. The minimum atomic E-state index is -2.87. The molecule has 1 saturated heterocycles. The summed E-state index contributed by atoms with van der Waals surface area (Å²) in [5.41, 5.74) is 8.92. The summed E-state index contributed by atoms with van der Waals surface area (Å²) in [6.45, 7) is -0.694. The van der Waals surface area contributed by atoms with Crippen LogP contribution in [0, 0.1) is 0 Å². The largest absolute Gasteiger partial charge is 0.435 e. The highest BCUT2D eigenvalue weighted by Gasteiger charge is 2.18. The predicted molar refractivity (Wildman–Crippen MR) is 114 cm³/mol. The molecule has 0 spiro atoms. The molecule has 162 valence electrons. The Morgan fingerprint density at radius 1 is 1.29 bits per heavy atom. The van der Waals surface area contributed by atoms with Gasteiger partial charge in [0.1, 0.15) is 11.6 Å². The second-order valence-corrected chi connectivity index (χ2v) is 7.22. The van der Waals surface area contributed by atoms with Crippen LogP contribution in [0.3, 0.4) is 0 Å². The van der Waals surface area contributed by atoms with Gasteiger partial charge in [0.15, 0.2) is 0 Å². The Kier molecular flexibility index (Phi) is 6.45. The molecule has 0 aliphatic carbocycles. The van der Waals surface area contributed by atoms with Crippen LogP contribution in [-0.2, 0) is 4.74 Å². The quantitative estimate of drug-likeness (QED) is 0.443. The van der Waals surface area contributed by atoms with E-state index < -0.39 is 6.61 Å². The van der Waals surface area contributed by atoms with Crippen LogP contribution in [0.2, 0.25) is 5.02 Å². The number of rotatable bonds is 6. The van der Waals surface area contributed by atoms with Gasteiger partial charge in [0.05, 0.1) is 35.8 Å². The number of nitrogens with two attached hydrogens (primary N) is 1. The zero-order chi connectivity index (χ0) is 21.8. The van der Waals surface area contributed by atoms with Crippen molar-refractivity contribution in [3.8, 4) is 11.4 Å². The van der Waals surface area contributed by atoms with Crippen LogP contribution >= 0.6 is 11.6 Å². The van der Waals surface area contributed by atoms with Crippen LogP contribution in [0.15, 0.2) is 59.9 Å². The molecule has 7 nitrogen and oxygen atoms in total. The summed E-state index contributed by atoms with van der Waals surface area (Å²) in [7, 11) is 0. The molecule has 1 aliphatic rings. The molecule has 0 bridgehead atoms. The lowest BCUT2D eigenvalue weighted by atomic mass is 10.1. The van der Waals surface area contributed by atoms with E-state index >= 15 is 0 Å². The molecular weight excluding hydrogens is 428 g/mol. The van der Waals surface area contributed by atoms with Crippen molar-refractivity contribution in [1.82, 2.24) is 15.1 Å². The number of nitrogens with zero attached hydrogens (tertiary/aromatic N) is 3. The molecular formula is C21H20ClF2N5O2. The van der Waals surface area contributed by atoms with Gasteiger partial charge in [0.25, 0.3) is 0 Å². The van der Waals surface area contributed by atoms with Crippen molar-refractivity contribution in [3.05, 3.63) is 71.0 Å². The zero-order valence-corrected chi connectivity index (χ0v) is 17.1. The Hall–Kier alpha value is -3.01. The summed E-state index contributed by atoms with van der Waals surface area (Å²) in [6, 6.07) is 11.6. The van der Waals surface area contributed by atoms with Gasteiger partial charge >= 0.3 is 6.61 Å². The third-order valence-corrected chi connectivity index (χ3v) is 5.04. The van der Waals surface area contributed by atoms with E-state index in [4.69, 9.17) is 22.1 Å². The van der Waals surface area contributed by atoms with Gasteiger partial charge in [-0.25, -0.2) is 9.67 Å². The van der Waals surface area contributed by atoms with Gasteiger partial charge in [0.2, 0.25) is 0 Å². The minimum absolute atomic E-state index is 0.0712. The highest BCUT2D eigenvalue weighted by molar-refractivity contribution is 6.31. The normalized spacial score (nSPS) is 17.2. The van der Waals surface area contributed by atoms with E-state index in [-0.39, 0.29) is 17.7 Å². The van der Waals surface area contributed by atoms with Crippen molar-refractivity contribution in [3.63, 3.8) is 0 Å². The lowest BCUT2D eigenvalue weighted by molar-refractivity contribution is -0.0498. The molecule has 1 aliphatic heterocycles. The van der Waals surface area contributed by atoms with Crippen molar-refractivity contribution >= 4 is 23.1 Å². The lowest BCUT2D eigenvalue weighted by Crippen LogP contribution is -2.33. The fourth-order valence-electron chi connectivity index (χ4n) is 3.19. The first-order chi connectivity index (χ1) is 15.0. The van der Waals surface area contributed by atoms with Crippen LogP contribution < -0.4 is 15.8 Å². The number of aromatic nitrogens is 2. The molecule has 1 aromatic heterocycles. The first-order valence-electron chi connectivity index (χ1n) is 9.56. The molecule has 3 N–H and O–H groups in total. The van der Waals surface area contributed by atoms with Crippen molar-refractivity contribution < 1.29 is 18.3 Å². The highest BCUT2D eigenvalue weighted by Crippen LogP contribution is 2.30. The van der Waals surface area contributed by atoms with Gasteiger partial charge in [0, 0.05) is 29.9 Å². The molecule has 1 fully saturated rings. The Morgan fingerprint density at radius 2 is 2.10 bits per heavy atom. The minimum Gasteiger partial charge on any atom is -0.435 e. The summed E-state index contributed by atoms with van der Waals surface area (Å²) in [4.78, 5) is 4.43. The Morgan fingerprint density at radius 3 is 2.77 bits per heavy atom. The number of hydrogen-bond donors (Lipinski definition) is 2. The molecule has 0 unspecified atom stereocenters. The van der Waals surface area contributed by atoms with Gasteiger partial charge in [-0.2, -0.15) is 13.9 Å². The number of aliphatic imine (C=N–C) groups is 1. The standard InChI is InChI=1S/C21H20ClF2N5O2/c22-18-9-14(1-6-17(18)19-11-26-7-8-30-19)28-20(25)13-10-27-29(12-13)15-2-4-16(5-3-15)31-21(23)24/h1-6,9-10,12,19,21,26H,7-8,11H2,(H2,25,28)/t19-/m1/s1. The second kappa shape index (κ2) is 9.42. The molecule has 1 atom stereocenters. The van der Waals surface area contributed by atoms with Crippen LogP contribution in [-0.4, -0.2) is 41.9 Å². The maximum absolute atomic E-state index is 12.3. The van der Waals surface area contributed by atoms with Gasteiger partial charge < -0.3 is 20.5 Å². The number of amidine groups is 1. The molecule has 0 radical (unpaired) electrons. The zero-order valence-electron chi connectivity index (χ0n) is 16.3. The number of benzene rings is 2. The lowest BCUT2D eigenvalue weighted by Gasteiger charge is -2.24.